The van der Waals surface area contributed by atoms with E-state index in [1.807, 2.05) is 0 Å². The van der Waals surface area contributed by atoms with Gasteiger partial charge in [-0.05, 0) is 84.2 Å². The highest BCUT2D eigenvalue weighted by Crippen LogP contribution is 2.36. The Hall–Kier alpha value is -4.72. The lowest BCUT2D eigenvalue weighted by Gasteiger charge is -2.39. The summed E-state index contributed by atoms with van der Waals surface area (Å²) in [7, 11) is -2.38. The van der Waals surface area contributed by atoms with Gasteiger partial charge >= 0.3 is 18.4 Å². The van der Waals surface area contributed by atoms with E-state index in [0.29, 0.717) is 0 Å². The zero-order valence-electron chi connectivity index (χ0n) is 30.7. The lowest BCUT2D eigenvalue weighted by atomic mass is 10.00. The van der Waals surface area contributed by atoms with Gasteiger partial charge in [-0.3, -0.25) is 4.90 Å². The van der Waals surface area contributed by atoms with Crippen molar-refractivity contribution in [2.75, 3.05) is 43.2 Å². The number of halogens is 5. The van der Waals surface area contributed by atoms with E-state index < -0.39 is 71.0 Å². The van der Waals surface area contributed by atoms with Crippen molar-refractivity contribution in [3.05, 3.63) is 48.2 Å². The molecular formula is C36H43F5N4O7S. The molecule has 1 N–H and O–H groups in total. The summed E-state index contributed by atoms with van der Waals surface area (Å²) in [6, 6.07) is 7.98. The second kappa shape index (κ2) is 15.0. The summed E-state index contributed by atoms with van der Waals surface area (Å²) in [5.74, 6) is 1.99. The first-order chi connectivity index (χ1) is 24.3. The van der Waals surface area contributed by atoms with Crippen LogP contribution in [0, 0.1) is 11.8 Å². The van der Waals surface area contributed by atoms with Crippen LogP contribution in [0.15, 0.2) is 47.4 Å². The number of hydrogen-bond donors (Lipinski definition) is 1. The van der Waals surface area contributed by atoms with E-state index in [2.05, 4.69) is 17.2 Å². The van der Waals surface area contributed by atoms with Gasteiger partial charge in [0.05, 0.1) is 48.0 Å². The molecule has 1 fully saturated rings. The number of sulfone groups is 1. The SMILES string of the molecule is COc1cc(S(C)(=O)=O)ccc1N(CC#Cc1cc2c(NC3CCN(C(=O)OC(C)(C)C)CC3(F)F)cccc2n1CC(F)(F)F)C(=O)OC(C)(C)C. The van der Waals surface area contributed by atoms with Crippen LogP contribution in [-0.2, 0) is 25.9 Å². The van der Waals surface area contributed by atoms with Gasteiger partial charge in [0.1, 0.15) is 23.5 Å². The highest BCUT2D eigenvalue weighted by Gasteiger charge is 2.47. The number of likely N-dealkylation sites (tertiary alicyclic amines) is 1. The molecule has 1 saturated heterocycles. The number of rotatable bonds is 7. The Labute approximate surface area is 305 Å². The second-order valence-electron chi connectivity index (χ2n) is 14.6. The zero-order chi connectivity index (χ0) is 39.7. The third kappa shape index (κ3) is 10.7. The van der Waals surface area contributed by atoms with E-state index in [4.69, 9.17) is 14.2 Å². The lowest BCUT2D eigenvalue weighted by molar-refractivity contribution is -0.140. The molecule has 290 valence electrons. The number of aromatic nitrogens is 1. The number of fused-ring (bicyclic) bond motifs is 1. The highest BCUT2D eigenvalue weighted by molar-refractivity contribution is 7.90. The number of piperidine rings is 1. The van der Waals surface area contributed by atoms with Crippen molar-refractivity contribution >= 4 is 44.3 Å². The number of anilines is 2. The predicted octanol–water partition coefficient (Wildman–Crippen LogP) is 7.47. The first-order valence-electron chi connectivity index (χ1n) is 16.5. The van der Waals surface area contributed by atoms with Crippen LogP contribution in [0.2, 0.25) is 0 Å². The van der Waals surface area contributed by atoms with Crippen LogP contribution in [0.3, 0.4) is 0 Å². The Morgan fingerprint density at radius 1 is 1.02 bits per heavy atom. The van der Waals surface area contributed by atoms with Crippen LogP contribution in [-0.4, -0.2) is 92.4 Å². The molecule has 11 nitrogen and oxygen atoms in total. The largest absolute Gasteiger partial charge is 0.495 e. The number of nitrogens with zero attached hydrogens (tertiary/aromatic N) is 3. The van der Waals surface area contributed by atoms with E-state index in [-0.39, 0.29) is 51.6 Å². The number of carbonyl (C=O) groups is 2. The monoisotopic (exact) mass is 770 g/mol. The maximum absolute atomic E-state index is 15.4. The molecule has 3 aromatic rings. The summed E-state index contributed by atoms with van der Waals surface area (Å²) in [4.78, 5) is 27.7. The summed E-state index contributed by atoms with van der Waals surface area (Å²) in [6.45, 7) is 6.90. The van der Waals surface area contributed by atoms with Gasteiger partial charge in [-0.1, -0.05) is 12.0 Å². The van der Waals surface area contributed by atoms with E-state index in [9.17, 15) is 31.2 Å². The predicted molar refractivity (Wildman–Crippen MR) is 189 cm³/mol. The molecule has 1 unspecified atom stereocenters. The third-order valence-corrected chi connectivity index (χ3v) is 8.91. The Kier molecular flexibility index (Phi) is 11.6. The number of nitrogens with one attached hydrogen (secondary N) is 1. The van der Waals surface area contributed by atoms with Crippen LogP contribution < -0.4 is 15.0 Å². The van der Waals surface area contributed by atoms with Gasteiger partial charge in [0.25, 0.3) is 5.92 Å². The minimum atomic E-state index is -4.69. The van der Waals surface area contributed by atoms with Gasteiger partial charge in [0.15, 0.2) is 9.84 Å². The maximum Gasteiger partial charge on any atom is 0.415 e. The summed E-state index contributed by atoms with van der Waals surface area (Å²) in [6.07, 6.45) is -5.63. The number of amides is 2. The van der Waals surface area contributed by atoms with Gasteiger partial charge in [0, 0.05) is 29.9 Å². The van der Waals surface area contributed by atoms with Gasteiger partial charge < -0.3 is 29.0 Å². The molecule has 0 aliphatic carbocycles. The van der Waals surface area contributed by atoms with Gasteiger partial charge in [-0.15, -0.1) is 0 Å². The van der Waals surface area contributed by atoms with Crippen LogP contribution in [0.5, 0.6) is 5.75 Å². The Balaban J connectivity index is 1.71. The fourth-order valence-corrected chi connectivity index (χ4v) is 6.17. The highest BCUT2D eigenvalue weighted by atomic mass is 32.2. The molecule has 2 aromatic carbocycles. The molecule has 0 radical (unpaired) electrons. The van der Waals surface area contributed by atoms with Gasteiger partial charge in [-0.25, -0.2) is 26.8 Å². The number of benzene rings is 2. The number of hydrogen-bond acceptors (Lipinski definition) is 8. The van der Waals surface area contributed by atoms with Crippen LogP contribution in [0.4, 0.5) is 42.9 Å². The maximum atomic E-state index is 15.4. The van der Waals surface area contributed by atoms with Crippen molar-refractivity contribution in [3.63, 3.8) is 0 Å². The van der Waals surface area contributed by atoms with Crippen LogP contribution in [0.25, 0.3) is 10.9 Å². The average molecular weight is 771 g/mol. The molecule has 1 aliphatic heterocycles. The molecule has 2 amide bonds. The van der Waals surface area contributed by atoms with Gasteiger partial charge in [-0.2, -0.15) is 13.2 Å². The normalized spacial score (nSPS) is 16.4. The van der Waals surface area contributed by atoms with Crippen LogP contribution >= 0.6 is 0 Å². The van der Waals surface area contributed by atoms with Crippen LogP contribution in [0.1, 0.15) is 53.7 Å². The molecule has 2 heterocycles. The zero-order valence-corrected chi connectivity index (χ0v) is 31.5. The van der Waals surface area contributed by atoms with E-state index in [1.165, 1.54) is 49.6 Å². The Bertz CT molecular complexity index is 2020. The molecule has 0 saturated carbocycles. The van der Waals surface area contributed by atoms with Crippen molar-refractivity contribution in [2.24, 2.45) is 0 Å². The summed E-state index contributed by atoms with van der Waals surface area (Å²) in [5.41, 5.74) is -1.69. The Morgan fingerprint density at radius 3 is 2.25 bits per heavy atom. The van der Waals surface area contributed by atoms with Crippen molar-refractivity contribution < 1.29 is 54.2 Å². The Morgan fingerprint density at radius 2 is 1.68 bits per heavy atom. The smallest absolute Gasteiger partial charge is 0.415 e. The first-order valence-corrected chi connectivity index (χ1v) is 18.4. The fraction of sp³-hybridized carbons (Fsp3) is 0.500. The average Bonchev–Trinajstić information content (AvgIpc) is 3.34. The molecule has 0 spiro atoms. The van der Waals surface area contributed by atoms with Crippen molar-refractivity contribution in [3.8, 4) is 17.6 Å². The molecule has 0 bridgehead atoms. The third-order valence-electron chi connectivity index (χ3n) is 7.80. The molecule has 53 heavy (non-hydrogen) atoms. The minimum Gasteiger partial charge on any atom is -0.495 e. The molecule has 4 rings (SSSR count). The summed E-state index contributed by atoms with van der Waals surface area (Å²) < 4.78 is 114. The fourth-order valence-electron chi connectivity index (χ4n) is 5.54. The minimum absolute atomic E-state index is 0.00350. The summed E-state index contributed by atoms with van der Waals surface area (Å²) in [5, 5.41) is 2.98. The standard InChI is InChI=1S/C36H43F5N4O7S/c1-33(2,3)51-31(46)43-18-16-30(35(37,38)21-43)42-26-12-9-13-27-25(26)19-23(45(27)22-36(39,40)41)11-10-17-44(32(47)52-34(4,5)6)28-15-14-24(53(8,48)49)20-29(28)50-7/h9,12-15,19-20,30,42H,16-18,21-22H2,1-8H3. The summed E-state index contributed by atoms with van der Waals surface area (Å²) >= 11 is 0. The first kappa shape index (κ1) is 41.0. The van der Waals surface area contributed by atoms with E-state index in [1.54, 1.807) is 41.5 Å². The number of methoxy groups -OCH3 is 1. The van der Waals surface area contributed by atoms with Crippen molar-refractivity contribution in [2.45, 2.75) is 88.7 Å². The molecule has 1 atom stereocenters. The second-order valence-corrected chi connectivity index (χ2v) is 16.6. The quantitative estimate of drug-likeness (QED) is 0.194. The lowest BCUT2D eigenvalue weighted by Crippen LogP contribution is -2.56. The van der Waals surface area contributed by atoms with Crippen molar-refractivity contribution in [1.29, 1.82) is 0 Å². The van der Waals surface area contributed by atoms with Crippen molar-refractivity contribution in [1.82, 2.24) is 9.47 Å². The molecule has 1 aliphatic rings. The topological polar surface area (TPSA) is 119 Å². The molecule has 1 aromatic heterocycles. The number of ether oxygens (including phenoxy) is 3. The van der Waals surface area contributed by atoms with E-state index in [0.717, 1.165) is 20.6 Å². The van der Waals surface area contributed by atoms with Gasteiger partial charge in [0.2, 0.25) is 0 Å². The molecular weight excluding hydrogens is 727 g/mol. The molecule has 17 heteroatoms. The number of alkyl halides is 5. The van der Waals surface area contributed by atoms with E-state index >= 15 is 8.78 Å². The number of carbonyl (C=O) groups excluding carboxylic acids is 2.